The summed E-state index contributed by atoms with van der Waals surface area (Å²) in [6.07, 6.45) is 2.01. The number of aryl methyl sites for hydroxylation is 1. The van der Waals surface area contributed by atoms with Crippen LogP contribution < -0.4 is 0 Å². The van der Waals surface area contributed by atoms with Crippen molar-refractivity contribution in [3.63, 3.8) is 0 Å². The summed E-state index contributed by atoms with van der Waals surface area (Å²) in [6, 6.07) is 3.78. The zero-order valence-electron chi connectivity index (χ0n) is 11.6. The molecular weight excluding hydrogens is 293 g/mol. The summed E-state index contributed by atoms with van der Waals surface area (Å²) in [4.78, 5) is 25.5. The van der Waals surface area contributed by atoms with E-state index in [1.165, 1.54) is 22.7 Å². The molecule has 0 bridgehead atoms. The van der Waals surface area contributed by atoms with Crippen LogP contribution in [0.25, 0.3) is 0 Å². The van der Waals surface area contributed by atoms with E-state index in [-0.39, 0.29) is 10.9 Å². The van der Waals surface area contributed by atoms with Crippen LogP contribution >= 0.6 is 11.8 Å². The van der Waals surface area contributed by atoms with Gasteiger partial charge in [0.05, 0.1) is 10.9 Å². The molecule has 0 aromatic heterocycles. The third-order valence-corrected chi connectivity index (χ3v) is 5.46. The van der Waals surface area contributed by atoms with Gasteiger partial charge in [-0.25, -0.2) is 9.18 Å². The molecule has 2 fully saturated rings. The number of benzene rings is 1. The maximum Gasteiger partial charge on any atom is 0.327 e. The largest absolute Gasteiger partial charge is 0.480 e. The Morgan fingerprint density at radius 3 is 2.71 bits per heavy atom. The number of nitrogens with zero attached hydrogens (tertiary/aromatic N) is 1. The molecule has 6 heteroatoms. The molecule has 0 spiro atoms. The van der Waals surface area contributed by atoms with E-state index in [0.717, 1.165) is 12.8 Å². The smallest absolute Gasteiger partial charge is 0.327 e. The fraction of sp³-hybridized carbons (Fsp3) is 0.467. The lowest BCUT2D eigenvalue weighted by molar-refractivity contribution is -0.141. The highest BCUT2D eigenvalue weighted by atomic mass is 32.2. The molecule has 1 aliphatic heterocycles. The number of hydrogen-bond donors (Lipinski definition) is 1. The average Bonchev–Trinajstić information content (AvgIpc) is 3.19. The molecule has 1 heterocycles. The first-order valence-corrected chi connectivity index (χ1v) is 7.97. The highest BCUT2D eigenvalue weighted by Crippen LogP contribution is 2.46. The maximum atomic E-state index is 14.2. The van der Waals surface area contributed by atoms with Crippen LogP contribution in [0.1, 0.15) is 28.8 Å². The van der Waals surface area contributed by atoms with Gasteiger partial charge in [-0.15, -0.1) is 11.8 Å². The van der Waals surface area contributed by atoms with E-state index in [1.807, 2.05) is 0 Å². The lowest BCUT2D eigenvalue weighted by Gasteiger charge is -2.27. The molecule has 2 unspecified atom stereocenters. The minimum Gasteiger partial charge on any atom is -0.480 e. The summed E-state index contributed by atoms with van der Waals surface area (Å²) in [7, 11) is 0. The van der Waals surface area contributed by atoms with Crippen LogP contribution in [0.4, 0.5) is 4.39 Å². The number of carbonyl (C=O) groups is 2. The van der Waals surface area contributed by atoms with E-state index in [9.17, 15) is 19.1 Å². The Morgan fingerprint density at radius 2 is 2.10 bits per heavy atom. The number of amides is 1. The standard InChI is InChI=1S/C15H16FNO3S/c1-8-3-2-4-10(12(8)16)13(18)17-11(15(19)20)7-21-14(17)9-5-6-9/h2-4,9,11,14H,5-7H2,1H3,(H,19,20). The Kier molecular flexibility index (Phi) is 3.65. The second kappa shape index (κ2) is 5.33. The van der Waals surface area contributed by atoms with Gasteiger partial charge in [-0.2, -0.15) is 0 Å². The average molecular weight is 309 g/mol. The van der Waals surface area contributed by atoms with Crippen LogP contribution in [-0.2, 0) is 4.79 Å². The molecule has 4 nitrogen and oxygen atoms in total. The van der Waals surface area contributed by atoms with Gasteiger partial charge in [0.15, 0.2) is 0 Å². The Hall–Kier alpha value is -1.56. The lowest BCUT2D eigenvalue weighted by Crippen LogP contribution is -2.46. The topological polar surface area (TPSA) is 57.6 Å². The molecule has 1 aromatic carbocycles. The minimum absolute atomic E-state index is 0.0330. The molecule has 2 atom stereocenters. The molecule has 3 rings (SSSR count). The van der Waals surface area contributed by atoms with Crippen molar-refractivity contribution in [3.8, 4) is 0 Å². The first-order valence-electron chi connectivity index (χ1n) is 6.93. The van der Waals surface area contributed by atoms with E-state index in [0.29, 0.717) is 17.2 Å². The van der Waals surface area contributed by atoms with Crippen LogP contribution in [0.3, 0.4) is 0 Å². The van der Waals surface area contributed by atoms with Crippen LogP contribution in [0.15, 0.2) is 18.2 Å². The number of carbonyl (C=O) groups excluding carboxylic acids is 1. The van der Waals surface area contributed by atoms with Crippen molar-refractivity contribution in [1.29, 1.82) is 0 Å². The monoisotopic (exact) mass is 309 g/mol. The normalized spacial score (nSPS) is 25.1. The molecular formula is C15H16FNO3S. The maximum absolute atomic E-state index is 14.2. The van der Waals surface area contributed by atoms with Gasteiger partial charge in [-0.05, 0) is 37.3 Å². The van der Waals surface area contributed by atoms with Gasteiger partial charge in [0.2, 0.25) is 0 Å². The van der Waals surface area contributed by atoms with Crippen molar-refractivity contribution < 1.29 is 19.1 Å². The molecule has 1 aromatic rings. The fourth-order valence-electron chi connectivity index (χ4n) is 2.67. The highest BCUT2D eigenvalue weighted by molar-refractivity contribution is 8.00. The van der Waals surface area contributed by atoms with Gasteiger partial charge in [0.25, 0.3) is 5.91 Å². The van der Waals surface area contributed by atoms with E-state index < -0.39 is 23.7 Å². The predicted octanol–water partition coefficient (Wildman–Crippen LogP) is 2.51. The van der Waals surface area contributed by atoms with Gasteiger partial charge < -0.3 is 10.0 Å². The molecule has 1 saturated carbocycles. The predicted molar refractivity (Wildman–Crippen MR) is 77.7 cm³/mol. The Labute approximate surface area is 126 Å². The summed E-state index contributed by atoms with van der Waals surface area (Å²) in [5, 5.41) is 9.18. The molecule has 1 amide bonds. The summed E-state index contributed by atoms with van der Waals surface area (Å²) in [6.45, 7) is 1.60. The summed E-state index contributed by atoms with van der Waals surface area (Å²) in [5.41, 5.74) is 0.358. The molecule has 0 radical (unpaired) electrons. The van der Waals surface area contributed by atoms with Gasteiger partial charge in [-0.1, -0.05) is 12.1 Å². The van der Waals surface area contributed by atoms with Crippen LogP contribution in [0, 0.1) is 18.7 Å². The van der Waals surface area contributed by atoms with E-state index in [1.54, 1.807) is 19.1 Å². The highest BCUT2D eigenvalue weighted by Gasteiger charge is 2.48. The molecule has 1 aliphatic carbocycles. The zero-order chi connectivity index (χ0) is 15.1. The number of halogens is 1. The molecule has 1 saturated heterocycles. The van der Waals surface area contributed by atoms with Gasteiger partial charge in [0, 0.05) is 5.75 Å². The second-order valence-electron chi connectivity index (χ2n) is 5.56. The number of carboxylic acid groups (broad SMARTS) is 1. The molecule has 1 N–H and O–H groups in total. The van der Waals surface area contributed by atoms with Crippen molar-refractivity contribution in [2.24, 2.45) is 5.92 Å². The van der Waals surface area contributed by atoms with Gasteiger partial charge >= 0.3 is 5.97 Å². The third kappa shape index (κ3) is 2.52. The number of hydrogen-bond acceptors (Lipinski definition) is 3. The van der Waals surface area contributed by atoms with E-state index in [4.69, 9.17) is 0 Å². The Balaban J connectivity index is 1.96. The quantitative estimate of drug-likeness (QED) is 0.932. The second-order valence-corrected chi connectivity index (χ2v) is 6.71. The summed E-state index contributed by atoms with van der Waals surface area (Å²) < 4.78 is 14.2. The van der Waals surface area contributed by atoms with Crippen molar-refractivity contribution >= 4 is 23.6 Å². The zero-order valence-corrected chi connectivity index (χ0v) is 12.4. The fourth-order valence-corrected chi connectivity index (χ4v) is 4.30. The summed E-state index contributed by atoms with van der Waals surface area (Å²) in [5.74, 6) is -1.37. The molecule has 112 valence electrons. The number of rotatable bonds is 3. The van der Waals surface area contributed by atoms with Gasteiger partial charge in [0.1, 0.15) is 11.9 Å². The third-order valence-electron chi connectivity index (χ3n) is 4.00. The van der Waals surface area contributed by atoms with Crippen LogP contribution in [0.2, 0.25) is 0 Å². The van der Waals surface area contributed by atoms with Gasteiger partial charge in [-0.3, -0.25) is 4.79 Å². The Morgan fingerprint density at radius 1 is 1.38 bits per heavy atom. The van der Waals surface area contributed by atoms with Crippen LogP contribution in [-0.4, -0.2) is 39.1 Å². The van der Waals surface area contributed by atoms with Crippen molar-refractivity contribution in [3.05, 3.63) is 35.1 Å². The first kappa shape index (κ1) is 14.4. The van der Waals surface area contributed by atoms with E-state index >= 15 is 0 Å². The minimum atomic E-state index is -1.02. The van der Waals surface area contributed by atoms with E-state index in [2.05, 4.69) is 0 Å². The van der Waals surface area contributed by atoms with Crippen molar-refractivity contribution in [2.45, 2.75) is 31.2 Å². The molecule has 2 aliphatic rings. The van der Waals surface area contributed by atoms with Crippen LogP contribution in [0.5, 0.6) is 0 Å². The SMILES string of the molecule is Cc1cccc(C(=O)N2C(C(=O)O)CSC2C2CC2)c1F. The summed E-state index contributed by atoms with van der Waals surface area (Å²) >= 11 is 1.49. The number of aliphatic carboxylic acids is 1. The number of thioether (sulfide) groups is 1. The Bertz CT molecular complexity index is 603. The molecule has 21 heavy (non-hydrogen) atoms. The lowest BCUT2D eigenvalue weighted by atomic mass is 10.1. The van der Waals surface area contributed by atoms with Crippen molar-refractivity contribution in [1.82, 2.24) is 4.90 Å². The first-order chi connectivity index (χ1) is 10.0. The number of carboxylic acids is 1. The van der Waals surface area contributed by atoms with Crippen molar-refractivity contribution in [2.75, 3.05) is 5.75 Å².